The van der Waals surface area contributed by atoms with E-state index in [9.17, 15) is 14.4 Å². The number of hydrogen-bond acceptors (Lipinski definition) is 5. The fourth-order valence-electron chi connectivity index (χ4n) is 2.43. The topological polar surface area (TPSA) is 129 Å². The Bertz CT molecular complexity index is 991. The van der Waals surface area contributed by atoms with Crippen LogP contribution in [0.3, 0.4) is 0 Å². The molecule has 2 aromatic heterocycles. The maximum Gasteiger partial charge on any atom is 0.272 e. The summed E-state index contributed by atoms with van der Waals surface area (Å²) in [7, 11) is 0. The Morgan fingerprint density at radius 1 is 1.04 bits per heavy atom. The second-order valence-corrected chi connectivity index (χ2v) is 5.79. The highest BCUT2D eigenvalue weighted by molar-refractivity contribution is 6.04. The first-order valence-corrected chi connectivity index (χ1v) is 8.61. The molecular weight excluding hydrogens is 362 g/mol. The summed E-state index contributed by atoms with van der Waals surface area (Å²) in [5.41, 5.74) is 1.08. The first-order valence-electron chi connectivity index (χ1n) is 8.61. The molecule has 0 saturated heterocycles. The second kappa shape index (κ2) is 9.17. The molecule has 3 rings (SSSR count). The van der Waals surface area contributed by atoms with Crippen LogP contribution in [0.5, 0.6) is 0 Å². The molecule has 0 radical (unpaired) electrons. The van der Waals surface area contributed by atoms with Crippen molar-refractivity contribution in [3.63, 3.8) is 0 Å². The van der Waals surface area contributed by atoms with Gasteiger partial charge in [-0.1, -0.05) is 18.2 Å². The minimum atomic E-state index is -0.412. The number of aromatic nitrogens is 2. The maximum atomic E-state index is 12.2. The summed E-state index contributed by atoms with van der Waals surface area (Å²) in [4.78, 5) is 35.5. The van der Waals surface area contributed by atoms with Gasteiger partial charge < -0.3 is 20.4 Å². The number of furan rings is 1. The van der Waals surface area contributed by atoms with Crippen molar-refractivity contribution in [2.24, 2.45) is 0 Å². The second-order valence-electron chi connectivity index (χ2n) is 5.79. The maximum absolute atomic E-state index is 12.2. The lowest BCUT2D eigenvalue weighted by Gasteiger charge is -2.06. The van der Waals surface area contributed by atoms with Crippen LogP contribution >= 0.6 is 0 Å². The molecule has 9 heteroatoms. The molecular formula is C19H19N5O4. The van der Waals surface area contributed by atoms with Gasteiger partial charge in [-0.25, -0.2) is 0 Å². The predicted octanol–water partition coefficient (Wildman–Crippen LogP) is 0.832. The van der Waals surface area contributed by atoms with Crippen LogP contribution in [0.1, 0.15) is 16.2 Å². The molecule has 0 aliphatic heterocycles. The quantitative estimate of drug-likeness (QED) is 0.339. The molecule has 9 nitrogen and oxygen atoms in total. The summed E-state index contributed by atoms with van der Waals surface area (Å²) in [6.07, 6.45) is 4.28. The predicted molar refractivity (Wildman–Crippen MR) is 102 cm³/mol. The first-order chi connectivity index (χ1) is 13.6. The van der Waals surface area contributed by atoms with Gasteiger partial charge in [0, 0.05) is 24.6 Å². The zero-order chi connectivity index (χ0) is 19.8. The molecule has 3 amide bonds. The van der Waals surface area contributed by atoms with Gasteiger partial charge in [-0.3, -0.25) is 19.5 Å². The van der Waals surface area contributed by atoms with E-state index in [1.54, 1.807) is 18.2 Å². The molecule has 0 spiro atoms. The Hall–Kier alpha value is -3.88. The highest BCUT2D eigenvalue weighted by atomic mass is 16.3. The fraction of sp³-hybridized carbons (Fsp3) is 0.158. The molecule has 0 aliphatic carbocycles. The third-order valence-corrected chi connectivity index (χ3v) is 3.78. The van der Waals surface area contributed by atoms with Crippen LogP contribution in [0.4, 0.5) is 0 Å². The monoisotopic (exact) mass is 381 g/mol. The highest BCUT2D eigenvalue weighted by Crippen LogP contribution is 2.14. The Morgan fingerprint density at radius 3 is 2.68 bits per heavy atom. The largest absolute Gasteiger partial charge is 0.465 e. The summed E-state index contributed by atoms with van der Waals surface area (Å²) in [5, 5.41) is 15.3. The number of nitrogens with one attached hydrogen (secondary N) is 4. The summed E-state index contributed by atoms with van der Waals surface area (Å²) >= 11 is 0. The first kappa shape index (κ1) is 18.9. The molecule has 144 valence electrons. The number of carbonyl (C=O) groups is 3. The van der Waals surface area contributed by atoms with Gasteiger partial charge in [0.25, 0.3) is 5.91 Å². The number of aromatic amines is 1. The molecule has 0 unspecified atom stereocenters. The molecule has 0 aliphatic rings. The van der Waals surface area contributed by atoms with E-state index in [1.807, 2.05) is 18.2 Å². The molecule has 4 N–H and O–H groups in total. The average Bonchev–Trinajstić information content (AvgIpc) is 3.37. The number of nitrogens with zero attached hydrogens (tertiary/aromatic N) is 1. The standard InChI is InChI=1S/C19H19N5O4/c25-16(8-7-13-4-3-11-28-13)22-12-17(26)20-9-10-21-19(27)18-14-5-1-2-6-15(14)23-24-18/h1-8,11H,9-10,12H2,(H,20,26)(H,21,27)(H,22,25)(H,23,24)/b8-7+. The molecule has 0 atom stereocenters. The average molecular weight is 381 g/mol. The van der Waals surface area contributed by atoms with Gasteiger partial charge in [-0.05, 0) is 24.3 Å². The lowest BCUT2D eigenvalue weighted by Crippen LogP contribution is -2.40. The normalized spacial score (nSPS) is 10.9. The van der Waals surface area contributed by atoms with Crippen LogP contribution in [-0.2, 0) is 9.59 Å². The van der Waals surface area contributed by atoms with Crippen molar-refractivity contribution in [3.05, 3.63) is 60.2 Å². The van der Waals surface area contributed by atoms with Gasteiger partial charge in [0.2, 0.25) is 11.8 Å². The summed E-state index contributed by atoms with van der Waals surface area (Å²) in [6.45, 7) is 0.294. The molecule has 28 heavy (non-hydrogen) atoms. The van der Waals surface area contributed by atoms with Gasteiger partial charge >= 0.3 is 0 Å². The van der Waals surface area contributed by atoms with Crippen molar-refractivity contribution in [1.82, 2.24) is 26.1 Å². The van der Waals surface area contributed by atoms with Crippen LogP contribution in [0.2, 0.25) is 0 Å². The third-order valence-electron chi connectivity index (χ3n) is 3.78. The van der Waals surface area contributed by atoms with Crippen LogP contribution in [0.25, 0.3) is 17.0 Å². The number of hydrogen-bond donors (Lipinski definition) is 4. The van der Waals surface area contributed by atoms with Crippen molar-refractivity contribution in [2.75, 3.05) is 19.6 Å². The van der Waals surface area contributed by atoms with E-state index in [-0.39, 0.29) is 31.4 Å². The number of benzene rings is 1. The summed E-state index contributed by atoms with van der Waals surface area (Å²) in [6, 6.07) is 10.7. The zero-order valence-electron chi connectivity index (χ0n) is 14.9. The number of rotatable bonds is 8. The molecule has 0 fully saturated rings. The summed E-state index contributed by atoms with van der Waals surface area (Å²) in [5.74, 6) is -0.562. The molecule has 0 bridgehead atoms. The third kappa shape index (κ3) is 5.07. The Kier molecular flexibility index (Phi) is 6.19. The fourth-order valence-corrected chi connectivity index (χ4v) is 2.43. The number of H-pyrrole nitrogens is 1. The lowest BCUT2D eigenvalue weighted by molar-refractivity contribution is -0.123. The smallest absolute Gasteiger partial charge is 0.272 e. The minimum Gasteiger partial charge on any atom is -0.465 e. The van der Waals surface area contributed by atoms with Gasteiger partial charge in [0.05, 0.1) is 18.3 Å². The van der Waals surface area contributed by atoms with E-state index in [1.165, 1.54) is 18.4 Å². The van der Waals surface area contributed by atoms with Gasteiger partial charge in [0.15, 0.2) is 5.69 Å². The Labute approximate surface area is 160 Å². The molecule has 1 aromatic carbocycles. The minimum absolute atomic E-state index is 0.167. The number of fused-ring (bicyclic) bond motifs is 1. The van der Waals surface area contributed by atoms with Crippen LogP contribution in [0, 0.1) is 0 Å². The van der Waals surface area contributed by atoms with E-state index < -0.39 is 5.91 Å². The van der Waals surface area contributed by atoms with Crippen molar-refractivity contribution in [3.8, 4) is 0 Å². The van der Waals surface area contributed by atoms with Crippen molar-refractivity contribution in [1.29, 1.82) is 0 Å². The number of amides is 3. The Balaban J connectivity index is 1.34. The van der Waals surface area contributed by atoms with Gasteiger partial charge in [-0.2, -0.15) is 5.10 Å². The van der Waals surface area contributed by atoms with E-state index in [2.05, 4.69) is 26.1 Å². The van der Waals surface area contributed by atoms with Gasteiger partial charge in [0.1, 0.15) is 5.76 Å². The van der Waals surface area contributed by atoms with E-state index >= 15 is 0 Å². The number of carbonyl (C=O) groups excluding carboxylic acids is 3. The molecule has 2 heterocycles. The van der Waals surface area contributed by atoms with Crippen LogP contribution in [0.15, 0.2) is 53.2 Å². The highest BCUT2D eigenvalue weighted by Gasteiger charge is 2.13. The molecule has 0 saturated carbocycles. The molecule has 3 aromatic rings. The zero-order valence-corrected chi connectivity index (χ0v) is 14.9. The summed E-state index contributed by atoms with van der Waals surface area (Å²) < 4.78 is 5.06. The SMILES string of the molecule is O=C(/C=C/c1ccco1)NCC(=O)NCCNC(=O)c1n[nH]c2ccccc12. The Morgan fingerprint density at radius 2 is 1.86 bits per heavy atom. The van der Waals surface area contributed by atoms with E-state index in [0.29, 0.717) is 11.5 Å². The van der Waals surface area contributed by atoms with Crippen LogP contribution in [-0.4, -0.2) is 47.6 Å². The van der Waals surface area contributed by atoms with Crippen LogP contribution < -0.4 is 16.0 Å². The lowest BCUT2D eigenvalue weighted by atomic mass is 10.2. The van der Waals surface area contributed by atoms with Gasteiger partial charge in [-0.15, -0.1) is 0 Å². The van der Waals surface area contributed by atoms with E-state index in [0.717, 1.165) is 10.9 Å². The van der Waals surface area contributed by atoms with E-state index in [4.69, 9.17) is 4.42 Å². The van der Waals surface area contributed by atoms with Crippen molar-refractivity contribution < 1.29 is 18.8 Å². The van der Waals surface area contributed by atoms with Crippen molar-refractivity contribution in [2.45, 2.75) is 0 Å². The van der Waals surface area contributed by atoms with Crippen molar-refractivity contribution >= 4 is 34.7 Å². The number of para-hydroxylation sites is 1.